The topological polar surface area (TPSA) is 52.7 Å². The molecule has 0 amide bonds. The maximum atomic E-state index is 12.4. The summed E-state index contributed by atoms with van der Waals surface area (Å²) < 4.78 is 11.0. The van der Waals surface area contributed by atoms with E-state index in [2.05, 4.69) is 9.97 Å². The van der Waals surface area contributed by atoms with Gasteiger partial charge in [-0.25, -0.2) is 9.78 Å². The molecule has 18 heavy (non-hydrogen) atoms. The Morgan fingerprint density at radius 2 is 2.17 bits per heavy atom. The molecule has 3 rings (SSSR count). The Hall–Kier alpha value is -1.36. The fraction of sp³-hybridized carbons (Fsp3) is 0.583. The van der Waals surface area contributed by atoms with Gasteiger partial charge in [0.15, 0.2) is 5.65 Å². The summed E-state index contributed by atoms with van der Waals surface area (Å²) in [6, 6.07) is 0.162. The number of nitrogens with zero attached hydrogens (tertiary/aromatic N) is 4. The summed E-state index contributed by atoms with van der Waals surface area (Å²) in [5, 5.41) is 0.0210. The molecule has 2 heterocycles. The van der Waals surface area contributed by atoms with E-state index in [1.165, 1.54) is 11.0 Å². The second kappa shape index (κ2) is 4.39. The van der Waals surface area contributed by atoms with E-state index in [0.29, 0.717) is 11.2 Å². The number of aromatic nitrogens is 4. The molecule has 6 heteroatoms. The van der Waals surface area contributed by atoms with Crippen LogP contribution in [0.1, 0.15) is 39.5 Å². The largest absolute Gasteiger partial charge is 0.330 e. The highest BCUT2D eigenvalue weighted by atomic mass is 35.5. The van der Waals surface area contributed by atoms with Crippen molar-refractivity contribution in [3.63, 3.8) is 0 Å². The third kappa shape index (κ3) is 1.73. The smallest absolute Gasteiger partial charge is 0.292 e. The molecule has 5 nitrogen and oxygen atoms in total. The van der Waals surface area contributed by atoms with Crippen molar-refractivity contribution in [2.75, 3.05) is 0 Å². The van der Waals surface area contributed by atoms with Gasteiger partial charge in [0.05, 0.1) is 7.54 Å². The van der Waals surface area contributed by atoms with Gasteiger partial charge in [-0.2, -0.15) is 4.98 Å². The summed E-state index contributed by atoms with van der Waals surface area (Å²) in [6.45, 7) is 0. The second-order valence-corrected chi connectivity index (χ2v) is 5.12. The predicted octanol–water partition coefficient (Wildman–Crippen LogP) is 2.29. The zero-order chi connectivity index (χ0) is 13.6. The van der Waals surface area contributed by atoms with Crippen LogP contribution < -0.4 is 5.69 Å². The highest BCUT2D eigenvalue weighted by Crippen LogP contribution is 2.29. The van der Waals surface area contributed by atoms with Crippen LogP contribution in [-0.2, 0) is 7.05 Å². The molecular formula is C12H15ClN4O. The quantitative estimate of drug-likeness (QED) is 0.745. The minimum Gasteiger partial charge on any atom is -0.292 e. The van der Waals surface area contributed by atoms with Crippen molar-refractivity contribution < 1.29 is 1.37 Å². The van der Waals surface area contributed by atoms with Crippen LogP contribution in [0.25, 0.3) is 11.2 Å². The zero-order valence-electron chi connectivity index (χ0n) is 11.2. The lowest BCUT2D eigenvalue weighted by Gasteiger charge is -2.22. The lowest BCUT2D eigenvalue weighted by atomic mass is 9.95. The van der Waals surface area contributed by atoms with Crippen LogP contribution in [0.2, 0.25) is 5.28 Å². The number of hydrogen-bond donors (Lipinski definition) is 0. The van der Waals surface area contributed by atoms with E-state index in [1.54, 1.807) is 11.6 Å². The molecule has 0 aromatic carbocycles. The van der Waals surface area contributed by atoms with Crippen LogP contribution in [-0.4, -0.2) is 19.1 Å². The highest BCUT2D eigenvalue weighted by Gasteiger charge is 2.22. The molecule has 0 atom stereocenters. The van der Waals surface area contributed by atoms with Crippen LogP contribution in [0.4, 0.5) is 0 Å². The van der Waals surface area contributed by atoms with Gasteiger partial charge in [0.25, 0.3) is 0 Å². The van der Waals surface area contributed by atoms with Gasteiger partial charge in [-0.1, -0.05) is 19.3 Å². The standard InChI is InChI=1S/C12H15ClN4O/c1-16-9-7-14-11(13)15-10(9)17(12(16)18)8-5-3-2-4-6-8/h7-8H,2-6H2,1H3/i7D. The van der Waals surface area contributed by atoms with Crippen LogP contribution in [0.15, 0.2) is 11.0 Å². The molecule has 0 saturated heterocycles. The lowest BCUT2D eigenvalue weighted by molar-refractivity contribution is 0.350. The molecule has 1 fully saturated rings. The summed E-state index contributed by atoms with van der Waals surface area (Å²) in [7, 11) is 1.65. The highest BCUT2D eigenvalue weighted by molar-refractivity contribution is 6.28. The molecule has 2 aromatic rings. The molecule has 0 spiro atoms. The van der Waals surface area contributed by atoms with Crippen LogP contribution in [0, 0.1) is 0 Å². The van der Waals surface area contributed by atoms with E-state index in [1.807, 2.05) is 0 Å². The third-order valence-electron chi connectivity index (χ3n) is 3.66. The van der Waals surface area contributed by atoms with E-state index in [-0.39, 0.29) is 23.2 Å². The van der Waals surface area contributed by atoms with E-state index in [0.717, 1.165) is 25.7 Å². The average molecular weight is 268 g/mol. The SMILES string of the molecule is [2H]c1nc(Cl)nc2c1n(C)c(=O)n2C1CCCCC1. The fourth-order valence-electron chi connectivity index (χ4n) is 2.72. The molecule has 1 saturated carbocycles. The number of halogens is 1. The van der Waals surface area contributed by atoms with E-state index < -0.39 is 0 Å². The monoisotopic (exact) mass is 267 g/mol. The summed E-state index contributed by atoms with van der Waals surface area (Å²) in [5.74, 6) is 0. The predicted molar refractivity (Wildman–Crippen MR) is 69.9 cm³/mol. The Bertz CT molecular complexity index is 687. The van der Waals surface area contributed by atoms with Crippen molar-refractivity contribution in [2.45, 2.75) is 38.1 Å². The zero-order valence-corrected chi connectivity index (χ0v) is 10.9. The molecule has 96 valence electrons. The maximum absolute atomic E-state index is 12.4. The van der Waals surface area contributed by atoms with Crippen LogP contribution >= 0.6 is 11.6 Å². The average Bonchev–Trinajstić information content (AvgIpc) is 2.63. The van der Waals surface area contributed by atoms with Crippen molar-refractivity contribution in [3.8, 4) is 0 Å². The molecule has 1 aliphatic carbocycles. The minimum absolute atomic E-state index is 0.00385. The van der Waals surface area contributed by atoms with Crippen molar-refractivity contribution >= 4 is 22.8 Å². The fourth-order valence-corrected chi connectivity index (χ4v) is 2.85. The summed E-state index contributed by atoms with van der Waals surface area (Å²) in [5.41, 5.74) is 0.816. The molecular weight excluding hydrogens is 252 g/mol. The maximum Gasteiger partial charge on any atom is 0.330 e. The molecule has 0 N–H and O–H groups in total. The number of fused-ring (bicyclic) bond motifs is 1. The van der Waals surface area contributed by atoms with Crippen LogP contribution in [0.5, 0.6) is 0 Å². The van der Waals surface area contributed by atoms with Crippen molar-refractivity contribution in [1.29, 1.82) is 0 Å². The molecule has 1 aliphatic rings. The van der Waals surface area contributed by atoms with Crippen molar-refractivity contribution in [1.82, 2.24) is 19.1 Å². The molecule has 0 unspecified atom stereocenters. The lowest BCUT2D eigenvalue weighted by Crippen LogP contribution is -2.27. The Morgan fingerprint density at radius 1 is 1.44 bits per heavy atom. The molecule has 2 aromatic heterocycles. The minimum atomic E-state index is -0.132. The van der Waals surface area contributed by atoms with E-state index in [4.69, 9.17) is 13.0 Å². The third-order valence-corrected chi connectivity index (χ3v) is 3.83. The van der Waals surface area contributed by atoms with Gasteiger partial charge < -0.3 is 0 Å². The first-order valence-corrected chi connectivity index (χ1v) is 6.58. The molecule has 0 bridgehead atoms. The Labute approximate surface area is 111 Å². The Kier molecular flexibility index (Phi) is 2.57. The molecule has 0 aliphatic heterocycles. The van der Waals surface area contributed by atoms with Gasteiger partial charge in [-0.3, -0.25) is 9.13 Å². The van der Waals surface area contributed by atoms with Crippen LogP contribution in [0.3, 0.4) is 0 Å². The first kappa shape index (κ1) is 10.6. The van der Waals surface area contributed by atoms with Gasteiger partial charge in [0, 0.05) is 13.1 Å². The Balaban J connectivity index is 2.29. The first-order chi connectivity index (χ1) is 9.09. The Morgan fingerprint density at radius 3 is 2.89 bits per heavy atom. The van der Waals surface area contributed by atoms with Gasteiger partial charge >= 0.3 is 5.69 Å². The van der Waals surface area contributed by atoms with Gasteiger partial charge in [0.2, 0.25) is 5.28 Å². The van der Waals surface area contributed by atoms with E-state index >= 15 is 0 Å². The van der Waals surface area contributed by atoms with Gasteiger partial charge in [0.1, 0.15) is 5.52 Å². The number of aryl methyl sites for hydroxylation is 1. The normalized spacial score (nSPS) is 18.2. The number of rotatable bonds is 1. The van der Waals surface area contributed by atoms with Gasteiger partial charge in [-0.05, 0) is 24.4 Å². The number of imidazole rings is 1. The summed E-state index contributed by atoms with van der Waals surface area (Å²) in [6.07, 6.45) is 5.43. The number of hydrogen-bond acceptors (Lipinski definition) is 3. The van der Waals surface area contributed by atoms with Gasteiger partial charge in [-0.15, -0.1) is 0 Å². The van der Waals surface area contributed by atoms with Crippen molar-refractivity contribution in [2.24, 2.45) is 7.05 Å². The first-order valence-electron chi connectivity index (χ1n) is 6.70. The summed E-state index contributed by atoms with van der Waals surface area (Å²) in [4.78, 5) is 20.4. The van der Waals surface area contributed by atoms with Crippen molar-refractivity contribution in [3.05, 3.63) is 21.9 Å². The summed E-state index contributed by atoms with van der Waals surface area (Å²) >= 11 is 5.83. The second-order valence-electron chi connectivity index (χ2n) is 4.78. The molecule has 0 radical (unpaired) electrons. The van der Waals surface area contributed by atoms with E-state index in [9.17, 15) is 4.79 Å².